The van der Waals surface area contributed by atoms with Crippen LogP contribution in [0.2, 0.25) is 0 Å². The lowest BCUT2D eigenvalue weighted by Gasteiger charge is -2.33. The van der Waals surface area contributed by atoms with Crippen LogP contribution in [0.5, 0.6) is 0 Å². The average Bonchev–Trinajstić information content (AvgIpc) is 2.14. The van der Waals surface area contributed by atoms with Crippen molar-refractivity contribution >= 4 is 0 Å². The van der Waals surface area contributed by atoms with Gasteiger partial charge < -0.3 is 10.4 Å². The molecule has 5 heteroatoms. The molecule has 0 amide bonds. The number of aliphatic hydroxyl groups is 1. The van der Waals surface area contributed by atoms with Crippen LogP contribution in [0.1, 0.15) is 25.7 Å². The predicted octanol–water partition coefficient (Wildman–Crippen LogP) is 1.69. The summed E-state index contributed by atoms with van der Waals surface area (Å²) >= 11 is 0. The van der Waals surface area contributed by atoms with E-state index in [2.05, 4.69) is 5.32 Å². The van der Waals surface area contributed by atoms with E-state index in [4.69, 9.17) is 5.11 Å². The lowest BCUT2D eigenvalue weighted by atomic mass is 9.84. The number of aliphatic hydroxyl groups excluding tert-OH is 1. The van der Waals surface area contributed by atoms with Crippen LogP contribution in [0.25, 0.3) is 0 Å². The van der Waals surface area contributed by atoms with Gasteiger partial charge in [0.15, 0.2) is 0 Å². The van der Waals surface area contributed by atoms with E-state index < -0.39 is 18.1 Å². The van der Waals surface area contributed by atoms with Crippen molar-refractivity contribution in [2.75, 3.05) is 13.2 Å². The highest BCUT2D eigenvalue weighted by Gasteiger charge is 2.45. The van der Waals surface area contributed by atoms with E-state index in [-0.39, 0.29) is 19.6 Å². The molecule has 0 aliphatic heterocycles. The van der Waals surface area contributed by atoms with Crippen molar-refractivity contribution in [3.05, 3.63) is 0 Å². The first-order chi connectivity index (χ1) is 6.55. The largest absolute Gasteiger partial charge is 0.395 e. The molecule has 1 aliphatic carbocycles. The Morgan fingerprint density at radius 2 is 1.86 bits per heavy atom. The van der Waals surface area contributed by atoms with E-state index >= 15 is 0 Å². The quantitative estimate of drug-likeness (QED) is 0.744. The molecule has 0 radical (unpaired) electrons. The Balaban J connectivity index is 2.50. The second kappa shape index (κ2) is 4.98. The molecule has 84 valence electrons. The molecule has 14 heavy (non-hydrogen) atoms. The minimum atomic E-state index is -4.10. The first-order valence-corrected chi connectivity index (χ1v) is 4.96. The van der Waals surface area contributed by atoms with Crippen LogP contribution in [0.15, 0.2) is 0 Å². The van der Waals surface area contributed by atoms with Gasteiger partial charge in [0.2, 0.25) is 0 Å². The smallest absolute Gasteiger partial charge is 0.393 e. The van der Waals surface area contributed by atoms with E-state index in [0.29, 0.717) is 12.8 Å². The van der Waals surface area contributed by atoms with Crippen molar-refractivity contribution in [3.8, 4) is 0 Å². The summed E-state index contributed by atoms with van der Waals surface area (Å²) < 4.78 is 37.5. The highest BCUT2D eigenvalue weighted by atomic mass is 19.4. The SMILES string of the molecule is OCCNC1CCCCC1C(F)(F)F. The lowest BCUT2D eigenvalue weighted by Crippen LogP contribution is -2.46. The molecule has 0 aromatic heterocycles. The van der Waals surface area contributed by atoms with Gasteiger partial charge in [-0.25, -0.2) is 0 Å². The molecule has 0 aromatic rings. The average molecular weight is 211 g/mol. The molecule has 2 unspecified atom stereocenters. The number of hydrogen-bond acceptors (Lipinski definition) is 2. The second-order valence-corrected chi connectivity index (χ2v) is 3.72. The Morgan fingerprint density at radius 3 is 2.43 bits per heavy atom. The van der Waals surface area contributed by atoms with Crippen molar-refractivity contribution in [3.63, 3.8) is 0 Å². The van der Waals surface area contributed by atoms with Gasteiger partial charge in [-0.3, -0.25) is 0 Å². The van der Waals surface area contributed by atoms with Crippen molar-refractivity contribution in [1.29, 1.82) is 0 Å². The lowest BCUT2D eigenvalue weighted by molar-refractivity contribution is -0.189. The summed E-state index contributed by atoms with van der Waals surface area (Å²) in [5.41, 5.74) is 0. The standard InChI is InChI=1S/C9H16F3NO/c10-9(11,12)7-3-1-2-4-8(7)13-5-6-14/h7-8,13-14H,1-6H2. The van der Waals surface area contributed by atoms with Crippen LogP contribution in [0, 0.1) is 5.92 Å². The molecule has 1 saturated carbocycles. The van der Waals surface area contributed by atoms with Gasteiger partial charge in [-0.05, 0) is 12.8 Å². The molecule has 0 saturated heterocycles. The number of nitrogens with one attached hydrogen (secondary N) is 1. The van der Waals surface area contributed by atoms with Gasteiger partial charge >= 0.3 is 6.18 Å². The number of alkyl halides is 3. The minimum Gasteiger partial charge on any atom is -0.395 e. The Bertz CT molecular complexity index is 172. The van der Waals surface area contributed by atoms with Gasteiger partial charge in [-0.15, -0.1) is 0 Å². The predicted molar refractivity (Wildman–Crippen MR) is 46.9 cm³/mol. The Morgan fingerprint density at radius 1 is 1.21 bits per heavy atom. The fraction of sp³-hybridized carbons (Fsp3) is 1.00. The van der Waals surface area contributed by atoms with Gasteiger partial charge in [-0.2, -0.15) is 13.2 Å². The monoisotopic (exact) mass is 211 g/mol. The van der Waals surface area contributed by atoms with Crippen LogP contribution < -0.4 is 5.32 Å². The molecule has 0 aromatic carbocycles. The normalized spacial score (nSPS) is 29.1. The van der Waals surface area contributed by atoms with Crippen molar-refractivity contribution in [1.82, 2.24) is 5.32 Å². The highest BCUT2D eigenvalue weighted by molar-refractivity contribution is 4.85. The fourth-order valence-corrected chi connectivity index (χ4v) is 2.02. The van der Waals surface area contributed by atoms with Crippen LogP contribution in [-0.4, -0.2) is 30.5 Å². The number of rotatable bonds is 3. The maximum Gasteiger partial charge on any atom is 0.393 e. The first-order valence-electron chi connectivity index (χ1n) is 4.96. The van der Waals surface area contributed by atoms with Crippen molar-refractivity contribution < 1.29 is 18.3 Å². The number of halogens is 3. The molecule has 2 atom stereocenters. The molecule has 1 fully saturated rings. The summed E-state index contributed by atoms with van der Waals surface area (Å²) in [6.07, 6.45) is -1.83. The third-order valence-corrected chi connectivity index (χ3v) is 2.70. The van der Waals surface area contributed by atoms with Gasteiger partial charge in [0.05, 0.1) is 12.5 Å². The van der Waals surface area contributed by atoms with Crippen LogP contribution in [-0.2, 0) is 0 Å². The third kappa shape index (κ3) is 3.13. The van der Waals surface area contributed by atoms with Crippen LogP contribution >= 0.6 is 0 Å². The number of hydrogen-bond donors (Lipinski definition) is 2. The van der Waals surface area contributed by atoms with Gasteiger partial charge in [-0.1, -0.05) is 12.8 Å². The van der Waals surface area contributed by atoms with E-state index in [9.17, 15) is 13.2 Å². The van der Waals surface area contributed by atoms with Crippen LogP contribution in [0.4, 0.5) is 13.2 Å². The third-order valence-electron chi connectivity index (χ3n) is 2.70. The van der Waals surface area contributed by atoms with Gasteiger partial charge in [0.1, 0.15) is 0 Å². The zero-order valence-electron chi connectivity index (χ0n) is 7.98. The summed E-state index contributed by atoms with van der Waals surface area (Å²) in [5, 5.41) is 11.3. The zero-order valence-corrected chi connectivity index (χ0v) is 7.98. The Labute approximate surface area is 81.5 Å². The fourth-order valence-electron chi connectivity index (χ4n) is 2.02. The van der Waals surface area contributed by atoms with E-state index in [1.807, 2.05) is 0 Å². The summed E-state index contributed by atoms with van der Waals surface area (Å²) in [6, 6.07) is -0.504. The van der Waals surface area contributed by atoms with Gasteiger partial charge in [0, 0.05) is 12.6 Å². The van der Waals surface area contributed by atoms with E-state index in [1.165, 1.54) is 0 Å². The summed E-state index contributed by atoms with van der Waals surface area (Å²) in [4.78, 5) is 0. The highest BCUT2D eigenvalue weighted by Crippen LogP contribution is 2.37. The zero-order chi connectivity index (χ0) is 10.6. The Hall–Kier alpha value is -0.290. The summed E-state index contributed by atoms with van der Waals surface area (Å²) in [7, 11) is 0. The molecule has 2 nitrogen and oxygen atoms in total. The maximum atomic E-state index is 12.5. The molecule has 2 N–H and O–H groups in total. The molecule has 0 spiro atoms. The first kappa shape index (κ1) is 11.8. The molecular weight excluding hydrogens is 195 g/mol. The summed E-state index contributed by atoms with van der Waals surface area (Å²) in [5.74, 6) is -1.23. The van der Waals surface area contributed by atoms with Gasteiger partial charge in [0.25, 0.3) is 0 Å². The maximum absolute atomic E-state index is 12.5. The topological polar surface area (TPSA) is 32.3 Å². The van der Waals surface area contributed by atoms with Crippen molar-refractivity contribution in [2.24, 2.45) is 5.92 Å². The summed E-state index contributed by atoms with van der Waals surface area (Å²) in [6.45, 7) is 0.137. The molecule has 0 bridgehead atoms. The van der Waals surface area contributed by atoms with E-state index in [1.54, 1.807) is 0 Å². The van der Waals surface area contributed by atoms with E-state index in [0.717, 1.165) is 6.42 Å². The molecule has 1 rings (SSSR count). The molecule has 0 heterocycles. The van der Waals surface area contributed by atoms with Crippen molar-refractivity contribution in [2.45, 2.75) is 37.9 Å². The molecular formula is C9H16F3NO. The molecule has 1 aliphatic rings. The second-order valence-electron chi connectivity index (χ2n) is 3.72. The minimum absolute atomic E-state index is 0.110. The Kier molecular flexibility index (Phi) is 4.19. The van der Waals surface area contributed by atoms with Crippen LogP contribution in [0.3, 0.4) is 0 Å².